The molecule has 0 bridgehead atoms. The van der Waals surface area contributed by atoms with Gasteiger partial charge < -0.3 is 10.6 Å². The Labute approximate surface area is 126 Å². The van der Waals surface area contributed by atoms with Crippen molar-refractivity contribution in [1.29, 1.82) is 0 Å². The molecule has 0 radical (unpaired) electrons. The van der Waals surface area contributed by atoms with Crippen LogP contribution in [-0.2, 0) is 0 Å². The van der Waals surface area contributed by atoms with Gasteiger partial charge in [0.1, 0.15) is 4.88 Å². The van der Waals surface area contributed by atoms with Crippen molar-refractivity contribution >= 4 is 38.7 Å². The highest BCUT2D eigenvalue weighted by Gasteiger charge is 2.20. The topological polar surface area (TPSA) is 59.2 Å². The highest BCUT2D eigenvalue weighted by Crippen LogP contribution is 2.34. The molecule has 0 fully saturated rings. The third kappa shape index (κ3) is 2.36. The molecule has 21 heavy (non-hydrogen) atoms. The van der Waals surface area contributed by atoms with Gasteiger partial charge in [0.25, 0.3) is 5.91 Å². The molecule has 0 atom stereocenters. The predicted octanol–water partition coefficient (Wildman–Crippen LogP) is 3.46. The molecule has 0 unspecified atom stereocenters. The number of amides is 1. The first kappa shape index (κ1) is 13.6. The average Bonchev–Trinajstić information content (AvgIpc) is 2.83. The van der Waals surface area contributed by atoms with Crippen LogP contribution in [0.1, 0.15) is 15.2 Å². The van der Waals surface area contributed by atoms with Crippen LogP contribution in [0.4, 0.5) is 11.4 Å². The third-order valence-electron chi connectivity index (χ3n) is 3.42. The van der Waals surface area contributed by atoms with E-state index in [0.29, 0.717) is 10.6 Å². The molecule has 1 amide bonds. The quantitative estimate of drug-likeness (QED) is 0.788. The zero-order valence-electron chi connectivity index (χ0n) is 11.8. The number of aryl methyl sites for hydroxylation is 1. The van der Waals surface area contributed by atoms with E-state index in [-0.39, 0.29) is 5.91 Å². The molecule has 1 aromatic carbocycles. The van der Waals surface area contributed by atoms with E-state index in [4.69, 9.17) is 5.73 Å². The fourth-order valence-electron chi connectivity index (χ4n) is 2.24. The number of nitrogens with zero attached hydrogens (tertiary/aromatic N) is 2. The molecule has 4 nitrogen and oxygen atoms in total. The summed E-state index contributed by atoms with van der Waals surface area (Å²) in [7, 11) is 1.76. The second-order valence-corrected chi connectivity index (χ2v) is 5.97. The van der Waals surface area contributed by atoms with Crippen LogP contribution in [0.3, 0.4) is 0 Å². The first-order valence-corrected chi connectivity index (χ1v) is 7.36. The summed E-state index contributed by atoms with van der Waals surface area (Å²) < 4.78 is 0.927. The van der Waals surface area contributed by atoms with Crippen LogP contribution < -0.4 is 10.6 Å². The SMILES string of the molecule is Cc1cccc(N(C)C(=O)c2sc3cnccc3c2N)c1. The molecule has 0 aliphatic rings. The summed E-state index contributed by atoms with van der Waals surface area (Å²) in [6.45, 7) is 2.00. The Morgan fingerprint density at radius 3 is 2.86 bits per heavy atom. The number of pyridine rings is 1. The highest BCUT2D eigenvalue weighted by atomic mass is 32.1. The number of carbonyl (C=O) groups excluding carboxylic acids is 1. The molecule has 2 heterocycles. The van der Waals surface area contributed by atoms with Crippen molar-refractivity contribution in [3.63, 3.8) is 0 Å². The van der Waals surface area contributed by atoms with E-state index in [1.165, 1.54) is 11.3 Å². The van der Waals surface area contributed by atoms with Gasteiger partial charge in [0.2, 0.25) is 0 Å². The van der Waals surface area contributed by atoms with E-state index in [0.717, 1.165) is 21.3 Å². The third-order valence-corrected chi connectivity index (χ3v) is 4.56. The maximum atomic E-state index is 12.7. The number of anilines is 2. The Kier molecular flexibility index (Phi) is 3.35. The number of nitrogens with two attached hydrogens (primary N) is 1. The van der Waals surface area contributed by atoms with Crippen molar-refractivity contribution in [2.75, 3.05) is 17.7 Å². The lowest BCUT2D eigenvalue weighted by Crippen LogP contribution is -2.26. The van der Waals surface area contributed by atoms with Gasteiger partial charge >= 0.3 is 0 Å². The van der Waals surface area contributed by atoms with Gasteiger partial charge in [-0.2, -0.15) is 0 Å². The van der Waals surface area contributed by atoms with E-state index in [1.807, 2.05) is 37.3 Å². The molecular weight excluding hydrogens is 282 g/mol. The molecule has 0 spiro atoms. The summed E-state index contributed by atoms with van der Waals surface area (Å²) in [6, 6.07) is 9.66. The molecular formula is C16H15N3OS. The lowest BCUT2D eigenvalue weighted by molar-refractivity contribution is 0.0997. The minimum atomic E-state index is -0.0979. The maximum Gasteiger partial charge on any atom is 0.270 e. The van der Waals surface area contributed by atoms with Crippen LogP contribution in [0.5, 0.6) is 0 Å². The summed E-state index contributed by atoms with van der Waals surface area (Å²) in [5.41, 5.74) is 8.62. The van der Waals surface area contributed by atoms with Crippen LogP contribution in [0.25, 0.3) is 10.1 Å². The standard InChI is InChI=1S/C16H15N3OS/c1-10-4-3-5-11(8-10)19(2)16(20)15-14(17)12-6-7-18-9-13(12)21-15/h3-9H,17H2,1-2H3. The number of carbonyl (C=O) groups is 1. The van der Waals surface area contributed by atoms with E-state index < -0.39 is 0 Å². The van der Waals surface area contributed by atoms with Crippen molar-refractivity contribution in [3.05, 3.63) is 53.2 Å². The number of fused-ring (bicyclic) bond motifs is 1. The fraction of sp³-hybridized carbons (Fsp3) is 0.125. The Hall–Kier alpha value is -2.40. The minimum absolute atomic E-state index is 0.0979. The van der Waals surface area contributed by atoms with Gasteiger partial charge in [0.15, 0.2) is 0 Å². The van der Waals surface area contributed by atoms with Crippen LogP contribution in [-0.4, -0.2) is 17.9 Å². The van der Waals surface area contributed by atoms with Crippen molar-refractivity contribution in [1.82, 2.24) is 4.98 Å². The van der Waals surface area contributed by atoms with E-state index in [2.05, 4.69) is 4.98 Å². The lowest BCUT2D eigenvalue weighted by atomic mass is 10.2. The number of hydrogen-bond acceptors (Lipinski definition) is 4. The van der Waals surface area contributed by atoms with Crippen LogP contribution >= 0.6 is 11.3 Å². The normalized spacial score (nSPS) is 10.8. The van der Waals surface area contributed by atoms with Crippen molar-refractivity contribution < 1.29 is 4.79 Å². The van der Waals surface area contributed by atoms with E-state index in [1.54, 1.807) is 24.3 Å². The minimum Gasteiger partial charge on any atom is -0.397 e. The lowest BCUT2D eigenvalue weighted by Gasteiger charge is -2.17. The van der Waals surface area contributed by atoms with Crippen LogP contribution in [0.15, 0.2) is 42.7 Å². The van der Waals surface area contributed by atoms with Gasteiger partial charge in [-0.3, -0.25) is 9.78 Å². The molecule has 2 aromatic heterocycles. The van der Waals surface area contributed by atoms with Gasteiger partial charge in [0, 0.05) is 30.5 Å². The summed E-state index contributed by atoms with van der Waals surface area (Å²) in [5, 5.41) is 0.885. The van der Waals surface area contributed by atoms with Gasteiger partial charge in [-0.15, -0.1) is 11.3 Å². The Morgan fingerprint density at radius 2 is 2.14 bits per heavy atom. The van der Waals surface area contributed by atoms with Gasteiger partial charge in [0.05, 0.1) is 10.4 Å². The molecule has 5 heteroatoms. The highest BCUT2D eigenvalue weighted by molar-refractivity contribution is 7.21. The molecule has 2 N–H and O–H groups in total. The number of aromatic nitrogens is 1. The Morgan fingerprint density at radius 1 is 1.33 bits per heavy atom. The Bertz CT molecular complexity index is 825. The van der Waals surface area contributed by atoms with Gasteiger partial charge in [-0.05, 0) is 30.7 Å². The molecule has 0 aliphatic heterocycles. The number of nitrogen functional groups attached to an aromatic ring is 1. The van der Waals surface area contributed by atoms with Gasteiger partial charge in [-0.25, -0.2) is 0 Å². The first-order valence-electron chi connectivity index (χ1n) is 6.54. The molecule has 3 aromatic rings. The largest absolute Gasteiger partial charge is 0.397 e. The fourth-order valence-corrected chi connectivity index (χ4v) is 3.30. The first-order chi connectivity index (χ1) is 10.1. The second kappa shape index (κ2) is 5.18. The maximum absolute atomic E-state index is 12.7. The summed E-state index contributed by atoms with van der Waals surface area (Å²) in [5.74, 6) is -0.0979. The molecule has 0 aliphatic carbocycles. The number of benzene rings is 1. The molecule has 0 saturated carbocycles. The predicted molar refractivity (Wildman–Crippen MR) is 87.9 cm³/mol. The number of thiophene rings is 1. The van der Waals surface area contributed by atoms with E-state index >= 15 is 0 Å². The van der Waals surface area contributed by atoms with E-state index in [9.17, 15) is 4.79 Å². The number of hydrogen-bond donors (Lipinski definition) is 1. The van der Waals surface area contributed by atoms with Crippen molar-refractivity contribution in [2.45, 2.75) is 6.92 Å². The second-order valence-electron chi connectivity index (χ2n) is 4.92. The van der Waals surface area contributed by atoms with Crippen LogP contribution in [0.2, 0.25) is 0 Å². The smallest absolute Gasteiger partial charge is 0.270 e. The molecule has 0 saturated heterocycles. The van der Waals surface area contributed by atoms with Crippen LogP contribution in [0, 0.1) is 6.92 Å². The average molecular weight is 297 g/mol. The van der Waals surface area contributed by atoms with Crippen molar-refractivity contribution in [2.24, 2.45) is 0 Å². The summed E-state index contributed by atoms with van der Waals surface area (Å²) in [6.07, 6.45) is 3.42. The number of rotatable bonds is 2. The summed E-state index contributed by atoms with van der Waals surface area (Å²) >= 11 is 1.38. The van der Waals surface area contributed by atoms with Crippen molar-refractivity contribution in [3.8, 4) is 0 Å². The van der Waals surface area contributed by atoms with Gasteiger partial charge in [-0.1, -0.05) is 12.1 Å². The zero-order valence-corrected chi connectivity index (χ0v) is 12.6. The summed E-state index contributed by atoms with van der Waals surface area (Å²) in [4.78, 5) is 18.9. The Balaban J connectivity index is 2.02. The zero-order chi connectivity index (χ0) is 15.0. The molecule has 3 rings (SSSR count). The monoisotopic (exact) mass is 297 g/mol. The molecule has 106 valence electrons.